The van der Waals surface area contributed by atoms with Gasteiger partial charge in [0.05, 0.1) is 26.0 Å². The fourth-order valence-corrected chi connectivity index (χ4v) is 3.34. The number of rotatable bonds is 4. The van der Waals surface area contributed by atoms with Crippen molar-refractivity contribution >= 4 is 17.3 Å². The molecular formula is C20H21N5O3. The average Bonchev–Trinajstić information content (AvgIpc) is 3.19. The topological polar surface area (TPSA) is 99.0 Å². The molecule has 0 bridgehead atoms. The third kappa shape index (κ3) is 3.13. The number of hydrazone groups is 1. The molecule has 8 nitrogen and oxygen atoms in total. The summed E-state index contributed by atoms with van der Waals surface area (Å²) in [5.74, 6) is 1.73. The van der Waals surface area contributed by atoms with E-state index >= 15 is 0 Å². The number of methoxy groups -OCH3 is 2. The summed E-state index contributed by atoms with van der Waals surface area (Å²) < 4.78 is 16.0. The summed E-state index contributed by atoms with van der Waals surface area (Å²) in [7, 11) is 3.25. The molecule has 0 aliphatic carbocycles. The number of nitrogens with two attached hydrogens (primary N) is 1. The van der Waals surface area contributed by atoms with Crippen LogP contribution in [-0.2, 0) is 6.42 Å². The summed E-state index contributed by atoms with van der Waals surface area (Å²) in [5.41, 5.74) is 10.3. The van der Waals surface area contributed by atoms with Crippen molar-refractivity contribution in [3.63, 3.8) is 0 Å². The second-order valence-electron chi connectivity index (χ2n) is 6.56. The zero-order valence-corrected chi connectivity index (χ0v) is 15.9. The smallest absolute Gasteiger partial charge is 0.286 e. The predicted octanol–water partition coefficient (Wildman–Crippen LogP) is 2.87. The van der Waals surface area contributed by atoms with E-state index in [0.717, 1.165) is 22.4 Å². The Bertz CT molecular complexity index is 999. The number of benzene rings is 2. The van der Waals surface area contributed by atoms with Crippen molar-refractivity contribution in [1.29, 1.82) is 0 Å². The predicted molar refractivity (Wildman–Crippen MR) is 106 cm³/mol. The van der Waals surface area contributed by atoms with Crippen LogP contribution >= 0.6 is 0 Å². The molecule has 1 aliphatic heterocycles. The van der Waals surface area contributed by atoms with Gasteiger partial charge < -0.3 is 19.7 Å². The molecule has 2 heterocycles. The molecule has 3 aromatic rings. The minimum absolute atomic E-state index is 0.000678. The van der Waals surface area contributed by atoms with E-state index in [1.165, 1.54) is 6.39 Å². The maximum absolute atomic E-state index is 5.87. The third-order valence-electron chi connectivity index (χ3n) is 4.74. The molecule has 1 aromatic heterocycles. The lowest BCUT2D eigenvalue weighted by Crippen LogP contribution is -2.30. The van der Waals surface area contributed by atoms with Crippen molar-refractivity contribution < 1.29 is 14.0 Å². The Morgan fingerprint density at radius 3 is 2.46 bits per heavy atom. The van der Waals surface area contributed by atoms with E-state index in [-0.39, 0.29) is 6.04 Å². The van der Waals surface area contributed by atoms with Gasteiger partial charge in [-0.15, -0.1) is 0 Å². The highest BCUT2D eigenvalue weighted by molar-refractivity contribution is 6.14. The Balaban J connectivity index is 1.94. The fraction of sp³-hybridized carbons (Fsp3) is 0.250. The molecule has 4 rings (SSSR count). The van der Waals surface area contributed by atoms with E-state index in [0.29, 0.717) is 29.6 Å². The second kappa shape index (κ2) is 7.22. The van der Waals surface area contributed by atoms with Gasteiger partial charge in [0, 0.05) is 16.8 Å². The summed E-state index contributed by atoms with van der Waals surface area (Å²) in [4.78, 5) is 4.18. The van der Waals surface area contributed by atoms with Crippen LogP contribution in [0.5, 0.6) is 11.5 Å². The van der Waals surface area contributed by atoms with Crippen LogP contribution in [0.4, 0.5) is 11.6 Å². The Hall–Kier alpha value is -3.55. The minimum Gasteiger partial charge on any atom is -0.493 e. The fourth-order valence-electron chi connectivity index (χ4n) is 3.34. The number of nitrogen functional groups attached to an aromatic ring is 1. The minimum atomic E-state index is 0.000678. The zero-order chi connectivity index (χ0) is 19.7. The number of hydrogen-bond donors (Lipinski definition) is 1. The lowest BCUT2D eigenvalue weighted by molar-refractivity contribution is 0.354. The van der Waals surface area contributed by atoms with Crippen molar-refractivity contribution in [2.75, 3.05) is 25.0 Å². The summed E-state index contributed by atoms with van der Waals surface area (Å²) in [6, 6.07) is 11.5. The van der Waals surface area contributed by atoms with Crippen LogP contribution < -0.4 is 20.2 Å². The van der Waals surface area contributed by atoms with Crippen molar-refractivity contribution in [2.45, 2.75) is 19.4 Å². The van der Waals surface area contributed by atoms with Crippen molar-refractivity contribution in [3.8, 4) is 11.5 Å². The Morgan fingerprint density at radius 2 is 1.82 bits per heavy atom. The highest BCUT2D eigenvalue weighted by atomic mass is 16.5. The average molecular weight is 379 g/mol. The standard InChI is InChI=1S/C20H21N5O3/c1-12-8-14-9-17(26-2)18(27-3)10-16(14)19(13-4-6-15(21)7-5-13)23-25(12)20-22-11-28-24-20/h4-7,9-12H,8,21H2,1-3H3/t12-/m1/s1. The van der Waals surface area contributed by atoms with Crippen LogP contribution in [0.15, 0.2) is 52.4 Å². The molecule has 2 N–H and O–H groups in total. The van der Waals surface area contributed by atoms with Gasteiger partial charge in [-0.1, -0.05) is 12.1 Å². The monoisotopic (exact) mass is 379 g/mol. The van der Waals surface area contributed by atoms with Crippen molar-refractivity contribution in [2.24, 2.45) is 5.10 Å². The molecule has 2 aromatic carbocycles. The molecule has 0 radical (unpaired) electrons. The zero-order valence-electron chi connectivity index (χ0n) is 15.9. The van der Waals surface area contributed by atoms with Gasteiger partial charge >= 0.3 is 0 Å². The van der Waals surface area contributed by atoms with E-state index < -0.39 is 0 Å². The molecule has 0 unspecified atom stereocenters. The molecule has 0 fully saturated rings. The van der Waals surface area contributed by atoms with Gasteiger partial charge in [-0.3, -0.25) is 0 Å². The number of ether oxygens (including phenoxy) is 2. The maximum Gasteiger partial charge on any atom is 0.286 e. The molecule has 1 atom stereocenters. The van der Waals surface area contributed by atoms with E-state index in [1.54, 1.807) is 19.2 Å². The lowest BCUT2D eigenvalue weighted by atomic mass is 9.94. The third-order valence-corrected chi connectivity index (χ3v) is 4.74. The largest absolute Gasteiger partial charge is 0.493 e. The van der Waals surface area contributed by atoms with E-state index in [1.807, 2.05) is 36.4 Å². The summed E-state index contributed by atoms with van der Waals surface area (Å²) in [5, 5.41) is 10.6. The van der Waals surface area contributed by atoms with Gasteiger partial charge in [0.2, 0.25) is 6.39 Å². The van der Waals surface area contributed by atoms with Crippen LogP contribution in [0.3, 0.4) is 0 Å². The first-order valence-corrected chi connectivity index (χ1v) is 8.86. The normalized spacial score (nSPS) is 16.2. The van der Waals surface area contributed by atoms with Crippen molar-refractivity contribution in [1.82, 2.24) is 10.1 Å². The van der Waals surface area contributed by atoms with Gasteiger partial charge in [0.1, 0.15) is 0 Å². The summed E-state index contributed by atoms with van der Waals surface area (Å²) >= 11 is 0. The molecule has 0 amide bonds. The number of hydrogen-bond acceptors (Lipinski definition) is 8. The Labute approximate surface area is 162 Å². The molecule has 0 saturated carbocycles. The van der Waals surface area contributed by atoms with Crippen molar-refractivity contribution in [3.05, 3.63) is 59.5 Å². The Kier molecular flexibility index (Phi) is 4.60. The first-order chi connectivity index (χ1) is 13.6. The highest BCUT2D eigenvalue weighted by Gasteiger charge is 2.28. The number of aromatic nitrogens is 2. The van der Waals surface area contributed by atoms with Gasteiger partial charge in [0.25, 0.3) is 5.95 Å². The second-order valence-corrected chi connectivity index (χ2v) is 6.56. The van der Waals surface area contributed by atoms with E-state index in [4.69, 9.17) is 24.8 Å². The van der Waals surface area contributed by atoms with Crippen LogP contribution in [0, 0.1) is 0 Å². The number of nitrogens with zero attached hydrogens (tertiary/aromatic N) is 4. The Morgan fingerprint density at radius 1 is 1.11 bits per heavy atom. The molecule has 0 saturated heterocycles. The SMILES string of the molecule is COc1cc2c(cc1OC)C(c1ccc(N)cc1)=NN(c1ncon1)[C@H](C)C2. The first-order valence-electron chi connectivity index (χ1n) is 8.86. The van der Waals surface area contributed by atoms with E-state index in [2.05, 4.69) is 17.1 Å². The maximum atomic E-state index is 5.87. The van der Waals surface area contributed by atoms with Gasteiger partial charge in [-0.05, 0) is 48.3 Å². The van der Waals surface area contributed by atoms with Crippen LogP contribution in [0.25, 0.3) is 0 Å². The van der Waals surface area contributed by atoms with Gasteiger partial charge in [-0.2, -0.15) is 10.1 Å². The molecule has 0 spiro atoms. The molecular weight excluding hydrogens is 358 g/mol. The van der Waals surface area contributed by atoms with Crippen LogP contribution in [-0.4, -0.2) is 36.1 Å². The molecule has 8 heteroatoms. The molecule has 144 valence electrons. The summed E-state index contributed by atoms with van der Waals surface area (Å²) in [6.45, 7) is 2.06. The van der Waals surface area contributed by atoms with Gasteiger partial charge in [-0.25, -0.2) is 5.01 Å². The van der Waals surface area contributed by atoms with Gasteiger partial charge in [0.15, 0.2) is 11.5 Å². The summed E-state index contributed by atoms with van der Waals surface area (Å²) in [6.07, 6.45) is 2.01. The van der Waals surface area contributed by atoms with Crippen LogP contribution in [0.1, 0.15) is 23.6 Å². The van der Waals surface area contributed by atoms with Crippen LogP contribution in [0.2, 0.25) is 0 Å². The number of anilines is 2. The lowest BCUT2D eigenvalue weighted by Gasteiger charge is -2.21. The first kappa shape index (κ1) is 17.8. The molecule has 28 heavy (non-hydrogen) atoms. The molecule has 1 aliphatic rings. The highest BCUT2D eigenvalue weighted by Crippen LogP contribution is 2.35. The quantitative estimate of drug-likeness (QED) is 0.696. The van der Waals surface area contributed by atoms with E-state index in [9.17, 15) is 0 Å². The number of fused-ring (bicyclic) bond motifs is 1.